The predicted octanol–water partition coefficient (Wildman–Crippen LogP) is 4.03. The summed E-state index contributed by atoms with van der Waals surface area (Å²) in [7, 11) is 6.97. The summed E-state index contributed by atoms with van der Waals surface area (Å²) in [6.45, 7) is 8.92. The topological polar surface area (TPSA) is 139 Å². The summed E-state index contributed by atoms with van der Waals surface area (Å²) >= 11 is 0. The normalized spacial score (nSPS) is 21.2. The number of fused-ring (bicyclic) bond motifs is 2. The zero-order chi connectivity index (χ0) is 42.2. The van der Waals surface area contributed by atoms with E-state index in [1.807, 2.05) is 18.3 Å². The molecule has 1 unspecified atom stereocenters. The molecular formula is C46H55N9O6. The van der Waals surface area contributed by atoms with E-state index in [2.05, 4.69) is 54.2 Å². The molecule has 2 amide bonds. The number of likely N-dealkylation sites (tertiary alicyclic amines) is 2. The predicted molar refractivity (Wildman–Crippen MR) is 235 cm³/mol. The van der Waals surface area contributed by atoms with E-state index in [9.17, 15) is 19.2 Å². The van der Waals surface area contributed by atoms with E-state index in [1.165, 1.54) is 12.8 Å². The Kier molecular flexibility index (Phi) is 9.93. The monoisotopic (exact) mass is 829 g/mol. The first kappa shape index (κ1) is 39.5. The lowest BCUT2D eigenvalue weighted by atomic mass is 9.71. The fraction of sp³-hybridized carbons (Fsp3) is 0.500. The SMILES string of the molecule is COc1cc(-c2cn(C)c(=O)c3cnc(N4CCC4)cc23)cc(OC)c1CN1CCC(N2CCC3(CC2)CN(c2ccc4c(c2)n(C)c(=O)n4C2CCC(=O)NC2=O)C3)CC1. The van der Waals surface area contributed by atoms with E-state index in [1.54, 1.807) is 48.2 Å². The third-order valence-corrected chi connectivity index (χ3v) is 14.5. The van der Waals surface area contributed by atoms with Gasteiger partial charge in [-0.2, -0.15) is 0 Å². The number of anilines is 2. The van der Waals surface area contributed by atoms with Gasteiger partial charge < -0.3 is 28.7 Å². The molecule has 5 aliphatic heterocycles. The second-order valence-corrected chi connectivity index (χ2v) is 18.0. The van der Waals surface area contributed by atoms with E-state index in [-0.39, 0.29) is 23.6 Å². The van der Waals surface area contributed by atoms with Gasteiger partial charge in [0, 0.05) is 93.7 Å². The average molecular weight is 830 g/mol. The van der Waals surface area contributed by atoms with Crippen LogP contribution < -0.4 is 35.8 Å². The molecule has 5 saturated heterocycles. The molecule has 15 nitrogen and oxygen atoms in total. The number of aryl methyl sites for hydroxylation is 2. The second-order valence-electron chi connectivity index (χ2n) is 18.0. The molecule has 0 radical (unpaired) electrons. The average Bonchev–Trinajstić information content (AvgIpc) is 3.48. The molecule has 10 rings (SSSR count). The number of carbonyl (C=O) groups is 2. The Bertz CT molecular complexity index is 2650. The highest BCUT2D eigenvalue weighted by Crippen LogP contribution is 2.44. The van der Waals surface area contributed by atoms with Gasteiger partial charge in [-0.1, -0.05) is 0 Å². The van der Waals surface area contributed by atoms with Crippen molar-refractivity contribution >= 4 is 45.1 Å². The third kappa shape index (κ3) is 6.85. The summed E-state index contributed by atoms with van der Waals surface area (Å²) in [5.74, 6) is 1.75. The first-order valence-electron chi connectivity index (χ1n) is 21.8. The zero-order valence-electron chi connectivity index (χ0n) is 35.6. The molecule has 0 saturated carbocycles. The molecule has 0 bridgehead atoms. The van der Waals surface area contributed by atoms with Gasteiger partial charge in [-0.05, 0) is 107 Å². The Balaban J connectivity index is 0.767. The number of amides is 2. The Hall–Kier alpha value is -5.67. The van der Waals surface area contributed by atoms with E-state index < -0.39 is 11.9 Å². The molecule has 8 heterocycles. The molecule has 5 aromatic rings. The van der Waals surface area contributed by atoms with Gasteiger partial charge in [0.05, 0.1) is 36.2 Å². The van der Waals surface area contributed by atoms with Gasteiger partial charge >= 0.3 is 5.69 Å². The van der Waals surface area contributed by atoms with Crippen LogP contribution in [0.25, 0.3) is 32.9 Å². The van der Waals surface area contributed by atoms with Gasteiger partial charge in [-0.25, -0.2) is 9.78 Å². The van der Waals surface area contributed by atoms with Crippen molar-refractivity contribution < 1.29 is 19.1 Å². The number of imidazole rings is 1. The molecule has 320 valence electrons. The number of pyridine rings is 2. The third-order valence-electron chi connectivity index (χ3n) is 14.5. The van der Waals surface area contributed by atoms with Gasteiger partial charge in [0.15, 0.2) is 0 Å². The molecule has 0 aliphatic carbocycles. The summed E-state index contributed by atoms with van der Waals surface area (Å²) < 4.78 is 16.9. The van der Waals surface area contributed by atoms with E-state index in [4.69, 9.17) is 9.47 Å². The van der Waals surface area contributed by atoms with E-state index in [0.29, 0.717) is 23.3 Å². The molecule has 61 heavy (non-hydrogen) atoms. The first-order valence-corrected chi connectivity index (χ1v) is 21.8. The van der Waals surface area contributed by atoms with Crippen LogP contribution in [0.3, 0.4) is 0 Å². The van der Waals surface area contributed by atoms with Crippen LogP contribution >= 0.6 is 0 Å². The maximum Gasteiger partial charge on any atom is 0.329 e. The number of benzene rings is 2. The number of aromatic nitrogens is 4. The smallest absolute Gasteiger partial charge is 0.329 e. The van der Waals surface area contributed by atoms with Gasteiger partial charge in [-0.3, -0.25) is 33.7 Å². The summed E-state index contributed by atoms with van der Waals surface area (Å²) in [6.07, 6.45) is 9.93. The van der Waals surface area contributed by atoms with Crippen molar-refractivity contribution in [2.45, 2.75) is 63.6 Å². The number of imide groups is 1. The van der Waals surface area contributed by atoms with Crippen molar-refractivity contribution in [1.82, 2.24) is 33.8 Å². The first-order chi connectivity index (χ1) is 29.5. The van der Waals surface area contributed by atoms with Gasteiger partial charge in [0.1, 0.15) is 23.4 Å². The van der Waals surface area contributed by atoms with E-state index in [0.717, 1.165) is 134 Å². The van der Waals surface area contributed by atoms with Crippen molar-refractivity contribution in [2.75, 3.05) is 76.4 Å². The number of ether oxygens (including phenoxy) is 2. The summed E-state index contributed by atoms with van der Waals surface area (Å²) in [5, 5.41) is 3.87. The minimum Gasteiger partial charge on any atom is -0.496 e. The molecule has 2 aromatic carbocycles. The standard InChI is InChI=1S/C46H55N9O6/c1-49-25-34(32-23-41(53-14-5-15-53)47-24-33(32)44(49)58)29-20-39(60-3)35(40(21-29)61-4)26-51-16-10-30(11-17-51)52-18-12-46(13-19-52)27-54(28-46)31-6-7-36-38(22-31)50(2)45(59)55(36)37-8-9-42(56)48-43(37)57/h6-7,20-25,30,37H,5,8-19,26-28H2,1-4H3,(H,48,56,57). The molecule has 15 heteroatoms. The number of rotatable bonds is 9. The van der Waals surface area contributed by atoms with Crippen LogP contribution in [0.2, 0.25) is 0 Å². The van der Waals surface area contributed by atoms with Crippen molar-refractivity contribution in [3.8, 4) is 22.6 Å². The number of methoxy groups -OCH3 is 2. The minimum absolute atomic E-state index is 0.0671. The zero-order valence-corrected chi connectivity index (χ0v) is 35.6. The lowest BCUT2D eigenvalue weighted by Gasteiger charge is -2.56. The number of nitrogens with one attached hydrogen (secondary N) is 1. The number of carbonyl (C=O) groups excluding carboxylic acids is 2. The van der Waals surface area contributed by atoms with Crippen LogP contribution in [-0.4, -0.2) is 113 Å². The Morgan fingerprint density at radius 2 is 1.54 bits per heavy atom. The highest BCUT2D eigenvalue weighted by Gasteiger charge is 2.46. The second kappa shape index (κ2) is 15.4. The lowest BCUT2D eigenvalue weighted by molar-refractivity contribution is -0.135. The van der Waals surface area contributed by atoms with Crippen LogP contribution in [0.15, 0.2) is 58.4 Å². The largest absolute Gasteiger partial charge is 0.496 e. The Morgan fingerprint density at radius 1 is 0.820 bits per heavy atom. The number of nitrogens with zero attached hydrogens (tertiary/aromatic N) is 8. The highest BCUT2D eigenvalue weighted by molar-refractivity contribution is 6.00. The molecule has 5 fully saturated rings. The quantitative estimate of drug-likeness (QED) is 0.216. The fourth-order valence-corrected chi connectivity index (χ4v) is 10.7. The minimum atomic E-state index is -0.682. The van der Waals surface area contributed by atoms with Crippen molar-refractivity contribution in [3.05, 3.63) is 75.2 Å². The fourth-order valence-electron chi connectivity index (χ4n) is 10.7. The van der Waals surface area contributed by atoms with Crippen LogP contribution in [0.1, 0.15) is 56.6 Å². The highest BCUT2D eigenvalue weighted by atomic mass is 16.5. The van der Waals surface area contributed by atoms with Crippen LogP contribution in [0.4, 0.5) is 11.5 Å². The van der Waals surface area contributed by atoms with Crippen molar-refractivity contribution in [1.29, 1.82) is 0 Å². The molecule has 1 N–H and O–H groups in total. The van der Waals surface area contributed by atoms with E-state index >= 15 is 0 Å². The van der Waals surface area contributed by atoms with Crippen LogP contribution in [0.5, 0.6) is 11.5 Å². The number of hydrogen-bond donors (Lipinski definition) is 1. The molecule has 3 aromatic heterocycles. The van der Waals surface area contributed by atoms with Crippen LogP contribution in [0, 0.1) is 5.41 Å². The Labute approximate surface area is 354 Å². The lowest BCUT2D eigenvalue weighted by Crippen LogP contribution is -2.61. The maximum atomic E-state index is 13.3. The van der Waals surface area contributed by atoms with Gasteiger partial charge in [-0.15, -0.1) is 0 Å². The molecule has 1 spiro atoms. The molecule has 1 atom stereocenters. The van der Waals surface area contributed by atoms with Gasteiger partial charge in [0.25, 0.3) is 5.56 Å². The Morgan fingerprint density at radius 3 is 2.20 bits per heavy atom. The molecular weight excluding hydrogens is 775 g/mol. The summed E-state index contributed by atoms with van der Waals surface area (Å²) in [6, 6.07) is 12.2. The van der Waals surface area contributed by atoms with Crippen LogP contribution in [-0.2, 0) is 30.2 Å². The number of hydrogen-bond acceptors (Lipinski definition) is 11. The number of piperidine rings is 3. The van der Waals surface area contributed by atoms with Crippen molar-refractivity contribution in [2.24, 2.45) is 19.5 Å². The van der Waals surface area contributed by atoms with Crippen molar-refractivity contribution in [3.63, 3.8) is 0 Å². The maximum absolute atomic E-state index is 13.3. The molecule has 5 aliphatic rings. The van der Waals surface area contributed by atoms with Gasteiger partial charge in [0.2, 0.25) is 11.8 Å². The summed E-state index contributed by atoms with van der Waals surface area (Å²) in [5.41, 5.74) is 5.53. The summed E-state index contributed by atoms with van der Waals surface area (Å²) in [4.78, 5) is 65.4.